The van der Waals surface area contributed by atoms with Crippen LogP contribution in [0.4, 0.5) is 8.78 Å². The minimum Gasteiger partial charge on any atom is -0.471 e. The number of halogens is 2. The molecule has 10 heteroatoms. The minimum absolute atomic E-state index is 0.0137. The molecule has 2 unspecified atom stereocenters. The lowest BCUT2D eigenvalue weighted by Crippen LogP contribution is -2.42. The van der Waals surface area contributed by atoms with Crippen molar-refractivity contribution < 1.29 is 31.4 Å². The zero-order chi connectivity index (χ0) is 21.9. The number of methoxy groups -OCH3 is 1. The quantitative estimate of drug-likeness (QED) is 0.620. The Labute approximate surface area is 174 Å². The van der Waals surface area contributed by atoms with E-state index in [2.05, 4.69) is 5.10 Å². The number of alkyl halides is 2. The molecule has 1 fully saturated rings. The van der Waals surface area contributed by atoms with Crippen LogP contribution in [0.5, 0.6) is 5.88 Å². The number of rotatable bonds is 8. The Morgan fingerprint density at radius 2 is 2.13 bits per heavy atom. The third-order valence-electron chi connectivity index (χ3n) is 5.24. The van der Waals surface area contributed by atoms with Crippen molar-refractivity contribution in [1.29, 1.82) is 0 Å². The molecule has 2 aromatic rings. The first-order valence-corrected chi connectivity index (χ1v) is 11.0. The molecule has 0 radical (unpaired) electrons. The van der Waals surface area contributed by atoms with Crippen molar-refractivity contribution in [3.05, 3.63) is 41.6 Å². The fourth-order valence-electron chi connectivity index (χ4n) is 3.58. The molecule has 166 valence electrons. The van der Waals surface area contributed by atoms with Gasteiger partial charge in [-0.3, -0.25) is 0 Å². The normalized spacial score (nSPS) is 22.4. The highest BCUT2D eigenvalue weighted by Crippen LogP contribution is 2.42. The summed E-state index contributed by atoms with van der Waals surface area (Å²) in [6.07, 6.45) is -2.70. The van der Waals surface area contributed by atoms with E-state index in [0.717, 1.165) is 5.56 Å². The zero-order valence-electron chi connectivity index (χ0n) is 17.2. The summed E-state index contributed by atoms with van der Waals surface area (Å²) in [5, 5.41) is 4.13. The molecular weight excluding hydrogens is 418 g/mol. The standard InChI is InChI=1S/C20H26F2N2O5S/c1-14-5-4-6-15(9-14)30(25,26)20(2)7-8-28-17(11-20)16-10-19(29-12-18(21)22)23-24(16)13-27-3/h4-6,9-10,17-18H,7-8,11-13H2,1-3H3. The maximum absolute atomic E-state index is 13.4. The van der Waals surface area contributed by atoms with Gasteiger partial charge in [0.15, 0.2) is 16.4 Å². The van der Waals surface area contributed by atoms with Crippen LogP contribution in [0.1, 0.15) is 37.1 Å². The van der Waals surface area contributed by atoms with E-state index in [9.17, 15) is 17.2 Å². The van der Waals surface area contributed by atoms with Crippen LogP contribution in [0.15, 0.2) is 35.2 Å². The third-order valence-corrected chi connectivity index (χ3v) is 7.79. The second kappa shape index (κ2) is 8.99. The molecule has 2 heterocycles. The van der Waals surface area contributed by atoms with Gasteiger partial charge in [0.05, 0.1) is 15.3 Å². The molecule has 30 heavy (non-hydrogen) atoms. The molecule has 2 atom stereocenters. The maximum atomic E-state index is 13.4. The Kier molecular flexibility index (Phi) is 6.78. The fourth-order valence-corrected chi connectivity index (χ4v) is 5.47. The van der Waals surface area contributed by atoms with Gasteiger partial charge >= 0.3 is 0 Å². The lowest BCUT2D eigenvalue weighted by molar-refractivity contribution is -0.00920. The van der Waals surface area contributed by atoms with Gasteiger partial charge in [0.25, 0.3) is 6.43 Å². The average molecular weight is 445 g/mol. The number of hydrogen-bond donors (Lipinski definition) is 0. The number of benzene rings is 1. The Bertz CT molecular complexity index is 979. The van der Waals surface area contributed by atoms with Gasteiger partial charge < -0.3 is 14.2 Å². The number of hydrogen-bond acceptors (Lipinski definition) is 6. The van der Waals surface area contributed by atoms with Crippen LogP contribution in [0.2, 0.25) is 0 Å². The Hall–Kier alpha value is -2.04. The molecule has 0 N–H and O–H groups in total. The van der Waals surface area contributed by atoms with Crippen molar-refractivity contribution in [3.63, 3.8) is 0 Å². The van der Waals surface area contributed by atoms with E-state index in [0.29, 0.717) is 12.1 Å². The van der Waals surface area contributed by atoms with Crippen LogP contribution in [0.25, 0.3) is 0 Å². The number of aromatic nitrogens is 2. The molecule has 1 aliphatic heterocycles. The molecule has 0 saturated carbocycles. The highest BCUT2D eigenvalue weighted by molar-refractivity contribution is 7.92. The highest BCUT2D eigenvalue weighted by Gasteiger charge is 2.45. The van der Waals surface area contributed by atoms with Gasteiger partial charge in [0, 0.05) is 19.8 Å². The first-order valence-electron chi connectivity index (χ1n) is 9.57. The second-order valence-corrected chi connectivity index (χ2v) is 10.1. The Balaban J connectivity index is 1.90. The monoisotopic (exact) mass is 444 g/mol. The van der Waals surface area contributed by atoms with Crippen LogP contribution in [0, 0.1) is 6.92 Å². The van der Waals surface area contributed by atoms with E-state index >= 15 is 0 Å². The summed E-state index contributed by atoms with van der Waals surface area (Å²) in [6.45, 7) is 3.06. The van der Waals surface area contributed by atoms with Crippen LogP contribution in [0.3, 0.4) is 0 Å². The van der Waals surface area contributed by atoms with Gasteiger partial charge in [-0.15, -0.1) is 5.10 Å². The van der Waals surface area contributed by atoms with Gasteiger partial charge in [-0.05, 0) is 44.4 Å². The van der Waals surface area contributed by atoms with Crippen molar-refractivity contribution in [2.75, 3.05) is 20.3 Å². The molecule has 0 amide bonds. The number of nitrogens with zero attached hydrogens (tertiary/aromatic N) is 2. The van der Waals surface area contributed by atoms with Crippen LogP contribution in [-0.2, 0) is 26.0 Å². The van der Waals surface area contributed by atoms with Crippen molar-refractivity contribution in [1.82, 2.24) is 9.78 Å². The summed E-state index contributed by atoms with van der Waals surface area (Å²) < 4.78 is 68.2. The van der Waals surface area contributed by atoms with Gasteiger partial charge in [0.1, 0.15) is 12.8 Å². The maximum Gasteiger partial charge on any atom is 0.272 e. The lowest BCUT2D eigenvalue weighted by atomic mass is 9.95. The third kappa shape index (κ3) is 4.65. The van der Waals surface area contributed by atoms with E-state index in [1.807, 2.05) is 13.0 Å². The molecular formula is C20H26F2N2O5S. The predicted octanol–water partition coefficient (Wildman–Crippen LogP) is 3.52. The molecule has 1 aromatic carbocycles. The van der Waals surface area contributed by atoms with Crippen molar-refractivity contribution in [2.24, 2.45) is 0 Å². The van der Waals surface area contributed by atoms with Gasteiger partial charge in [-0.25, -0.2) is 21.9 Å². The number of sulfone groups is 1. The summed E-state index contributed by atoms with van der Waals surface area (Å²) in [4.78, 5) is 0.275. The SMILES string of the molecule is COCn1nc(OCC(F)F)cc1C1CC(C)(S(=O)(=O)c2cccc(C)c2)CCO1. The van der Waals surface area contributed by atoms with Crippen LogP contribution >= 0.6 is 0 Å². The summed E-state index contributed by atoms with van der Waals surface area (Å²) in [5.41, 5.74) is 1.38. The first-order chi connectivity index (χ1) is 14.2. The highest BCUT2D eigenvalue weighted by atomic mass is 32.2. The van der Waals surface area contributed by atoms with Gasteiger partial charge in [-0.2, -0.15) is 0 Å². The van der Waals surface area contributed by atoms with Crippen molar-refractivity contribution >= 4 is 9.84 Å². The molecule has 1 saturated heterocycles. The number of aryl methyl sites for hydroxylation is 1. The van der Waals surface area contributed by atoms with E-state index in [-0.39, 0.29) is 30.5 Å². The van der Waals surface area contributed by atoms with E-state index in [4.69, 9.17) is 14.2 Å². The summed E-state index contributed by atoms with van der Waals surface area (Å²) >= 11 is 0. The largest absolute Gasteiger partial charge is 0.471 e. The smallest absolute Gasteiger partial charge is 0.272 e. The zero-order valence-corrected chi connectivity index (χ0v) is 18.0. The summed E-state index contributed by atoms with van der Waals surface area (Å²) in [6, 6.07) is 8.33. The molecule has 0 spiro atoms. The molecule has 1 aromatic heterocycles. The summed E-state index contributed by atoms with van der Waals surface area (Å²) in [5.74, 6) is 0.0137. The van der Waals surface area contributed by atoms with Gasteiger partial charge in [-0.1, -0.05) is 12.1 Å². The van der Waals surface area contributed by atoms with Crippen LogP contribution < -0.4 is 4.74 Å². The van der Waals surface area contributed by atoms with E-state index < -0.39 is 33.7 Å². The first kappa shape index (κ1) is 22.6. The molecule has 0 bridgehead atoms. The van der Waals surface area contributed by atoms with Crippen LogP contribution in [-0.4, -0.2) is 49.7 Å². The molecule has 3 rings (SSSR count). The van der Waals surface area contributed by atoms with Crippen molar-refractivity contribution in [2.45, 2.75) is 55.6 Å². The number of ether oxygens (including phenoxy) is 3. The molecule has 0 aliphatic carbocycles. The Morgan fingerprint density at radius 1 is 1.37 bits per heavy atom. The minimum atomic E-state index is -3.64. The van der Waals surface area contributed by atoms with E-state index in [1.54, 1.807) is 25.1 Å². The van der Waals surface area contributed by atoms with Gasteiger partial charge in [0.2, 0.25) is 5.88 Å². The topological polar surface area (TPSA) is 79.7 Å². The average Bonchev–Trinajstić information content (AvgIpc) is 3.09. The summed E-state index contributed by atoms with van der Waals surface area (Å²) in [7, 11) is -2.16. The molecule has 1 aliphatic rings. The predicted molar refractivity (Wildman–Crippen MR) is 105 cm³/mol. The molecule has 7 nitrogen and oxygen atoms in total. The van der Waals surface area contributed by atoms with E-state index in [1.165, 1.54) is 17.9 Å². The Morgan fingerprint density at radius 3 is 2.80 bits per heavy atom. The second-order valence-electron chi connectivity index (χ2n) is 7.61. The van der Waals surface area contributed by atoms with Crippen molar-refractivity contribution in [3.8, 4) is 5.88 Å². The fraction of sp³-hybridized carbons (Fsp3) is 0.550. The lowest BCUT2D eigenvalue weighted by Gasteiger charge is -2.37.